The van der Waals surface area contributed by atoms with E-state index in [1.807, 2.05) is 0 Å². The van der Waals surface area contributed by atoms with Crippen LogP contribution >= 0.6 is 45.2 Å². The average molecular weight is 340 g/mol. The van der Waals surface area contributed by atoms with Crippen molar-refractivity contribution in [3.8, 4) is 0 Å². The van der Waals surface area contributed by atoms with E-state index >= 15 is 0 Å². The second kappa shape index (κ2) is 4.66. The Morgan fingerprint density at radius 2 is 2.12 bits per heavy atom. The lowest BCUT2D eigenvalue weighted by Gasteiger charge is -1.94. The van der Waals surface area contributed by atoms with Gasteiger partial charge in [-0.05, 0) is 0 Å². The zero-order valence-corrected chi connectivity index (χ0v) is 8.33. The summed E-state index contributed by atoms with van der Waals surface area (Å²) in [6.45, 7) is 0. The van der Waals surface area contributed by atoms with Gasteiger partial charge in [0.25, 0.3) is 5.95 Å². The molecule has 1 atom stereocenters. The highest BCUT2D eigenvalue weighted by molar-refractivity contribution is 14.1. The van der Waals surface area contributed by atoms with Crippen LogP contribution < -0.4 is 0 Å². The van der Waals surface area contributed by atoms with Crippen molar-refractivity contribution >= 4 is 45.2 Å². The van der Waals surface area contributed by atoms with E-state index in [9.17, 15) is 0 Å². The molecule has 0 spiro atoms. The van der Waals surface area contributed by atoms with Gasteiger partial charge in [-0.25, -0.2) is 0 Å². The van der Waals surface area contributed by atoms with E-state index in [-0.39, 0.29) is 3.92 Å². The Kier molecular flexibility index (Phi) is 5.12. The molecule has 0 bridgehead atoms. The number of hydrogen-bond donors (Lipinski definition) is 2. The first-order valence-corrected chi connectivity index (χ1v) is 4.73. The fourth-order valence-corrected chi connectivity index (χ4v) is 0.782. The number of allylic oxidation sites excluding steroid dienone is 1. The molecular weight excluding hydrogens is 334 g/mol. The van der Waals surface area contributed by atoms with Gasteiger partial charge >= 0.3 is 0 Å². The lowest BCUT2D eigenvalue weighted by atomic mass is 10.5. The summed E-state index contributed by atoms with van der Waals surface area (Å²) in [6.07, 6.45) is 1.40. The lowest BCUT2D eigenvalue weighted by Crippen LogP contribution is -1.94. The van der Waals surface area contributed by atoms with Crippen molar-refractivity contribution < 1.29 is 10.2 Å². The van der Waals surface area contributed by atoms with Crippen molar-refractivity contribution in [3.63, 3.8) is 0 Å². The topological polar surface area (TPSA) is 40.5 Å². The highest BCUT2D eigenvalue weighted by atomic mass is 127. The Hall–Kier alpha value is 0.800. The summed E-state index contributed by atoms with van der Waals surface area (Å²) in [5.74, 6) is -0.582. The Labute approximate surface area is 75.3 Å². The minimum Gasteiger partial charge on any atom is -0.481 e. The molecule has 4 heteroatoms. The predicted molar refractivity (Wildman–Crippen MR) is 50.0 cm³/mol. The predicted octanol–water partition coefficient (Wildman–Crippen LogP) is 2.18. The number of aliphatic hydroxyl groups excluding tert-OH is 1. The van der Waals surface area contributed by atoms with Gasteiger partial charge in [-0.2, -0.15) is 0 Å². The maximum atomic E-state index is 8.26. The third-order valence-electron chi connectivity index (χ3n) is 0.477. The molecule has 0 aliphatic carbocycles. The Balaban J connectivity index is 3.51. The quantitative estimate of drug-likeness (QED) is 0.460. The average Bonchev–Trinajstić information content (AvgIpc) is 1.65. The third-order valence-corrected chi connectivity index (χ3v) is 3.91. The molecule has 2 N–H and O–H groups in total. The SMILES string of the molecule is OC(O)=CC(I)CI. The van der Waals surface area contributed by atoms with Crippen molar-refractivity contribution in [2.75, 3.05) is 4.43 Å². The van der Waals surface area contributed by atoms with Gasteiger partial charge < -0.3 is 10.2 Å². The van der Waals surface area contributed by atoms with Crippen LogP contribution in [0.4, 0.5) is 0 Å². The van der Waals surface area contributed by atoms with Gasteiger partial charge in [0.1, 0.15) is 0 Å². The largest absolute Gasteiger partial charge is 0.481 e. The summed E-state index contributed by atoms with van der Waals surface area (Å²) >= 11 is 4.29. The molecule has 0 saturated heterocycles. The second-order valence-corrected chi connectivity index (χ2v) is 3.68. The Morgan fingerprint density at radius 1 is 1.62 bits per heavy atom. The van der Waals surface area contributed by atoms with E-state index in [0.717, 1.165) is 4.43 Å². The molecule has 0 aliphatic rings. The molecule has 0 aliphatic heterocycles. The van der Waals surface area contributed by atoms with Crippen molar-refractivity contribution in [1.82, 2.24) is 0 Å². The van der Waals surface area contributed by atoms with Gasteiger partial charge in [0.15, 0.2) is 0 Å². The van der Waals surface area contributed by atoms with Gasteiger partial charge in [0.2, 0.25) is 0 Å². The first kappa shape index (κ1) is 8.80. The number of rotatable bonds is 2. The minimum atomic E-state index is -0.582. The summed E-state index contributed by atoms with van der Waals surface area (Å²) in [4.78, 5) is 0. The maximum Gasteiger partial charge on any atom is 0.270 e. The lowest BCUT2D eigenvalue weighted by molar-refractivity contribution is 0.190. The summed E-state index contributed by atoms with van der Waals surface area (Å²) in [5, 5.41) is 16.5. The number of aliphatic hydroxyl groups is 2. The normalized spacial score (nSPS) is 12.8. The Bertz CT molecular complexity index is 88.0. The molecule has 1 unspecified atom stereocenters. The monoisotopic (exact) mass is 340 g/mol. The smallest absolute Gasteiger partial charge is 0.270 e. The zero-order chi connectivity index (χ0) is 6.57. The summed E-state index contributed by atoms with van der Waals surface area (Å²) in [5.41, 5.74) is 0. The van der Waals surface area contributed by atoms with Crippen LogP contribution in [-0.2, 0) is 0 Å². The van der Waals surface area contributed by atoms with E-state index in [1.54, 1.807) is 0 Å². The van der Waals surface area contributed by atoms with Gasteiger partial charge in [-0.15, -0.1) is 0 Å². The fraction of sp³-hybridized carbons (Fsp3) is 0.500. The fourth-order valence-electron chi connectivity index (χ4n) is 0.206. The van der Waals surface area contributed by atoms with Crippen LogP contribution in [0, 0.1) is 0 Å². The number of alkyl halides is 2. The van der Waals surface area contributed by atoms with E-state index in [2.05, 4.69) is 45.2 Å². The molecule has 0 saturated carbocycles. The minimum absolute atomic E-state index is 0.221. The molecule has 0 amide bonds. The summed E-state index contributed by atoms with van der Waals surface area (Å²) in [6, 6.07) is 0. The van der Waals surface area contributed by atoms with E-state index in [4.69, 9.17) is 10.2 Å². The first-order valence-electron chi connectivity index (χ1n) is 1.96. The molecule has 0 fully saturated rings. The van der Waals surface area contributed by atoms with Gasteiger partial charge in [-0.1, -0.05) is 45.2 Å². The second-order valence-electron chi connectivity index (χ2n) is 1.20. The molecule has 0 aromatic carbocycles. The van der Waals surface area contributed by atoms with Gasteiger partial charge in [-0.3, -0.25) is 0 Å². The van der Waals surface area contributed by atoms with Gasteiger partial charge in [0, 0.05) is 14.4 Å². The van der Waals surface area contributed by atoms with Crippen LogP contribution in [0.15, 0.2) is 12.0 Å². The van der Waals surface area contributed by atoms with Crippen molar-refractivity contribution in [2.45, 2.75) is 3.92 Å². The van der Waals surface area contributed by atoms with Crippen molar-refractivity contribution in [1.29, 1.82) is 0 Å². The Morgan fingerprint density at radius 3 is 2.25 bits per heavy atom. The first-order chi connectivity index (χ1) is 3.66. The zero-order valence-electron chi connectivity index (χ0n) is 4.01. The molecule has 48 valence electrons. The van der Waals surface area contributed by atoms with E-state index in [0.29, 0.717) is 0 Å². The summed E-state index contributed by atoms with van der Waals surface area (Å²) < 4.78 is 1.11. The van der Waals surface area contributed by atoms with Crippen molar-refractivity contribution in [3.05, 3.63) is 12.0 Å². The molecular formula is C4H6I2O2. The van der Waals surface area contributed by atoms with Crippen LogP contribution in [0.5, 0.6) is 0 Å². The molecule has 0 rings (SSSR count). The maximum absolute atomic E-state index is 8.26. The summed E-state index contributed by atoms with van der Waals surface area (Å²) in [7, 11) is 0. The van der Waals surface area contributed by atoms with Crippen LogP contribution in [0.1, 0.15) is 0 Å². The molecule has 0 aromatic rings. The molecule has 0 aromatic heterocycles. The third kappa shape index (κ3) is 4.95. The van der Waals surface area contributed by atoms with E-state index < -0.39 is 5.95 Å². The standard InChI is InChI=1S/C4H6I2O2/c5-2-3(6)1-4(7)8/h1,3,7-8H,2H2. The van der Waals surface area contributed by atoms with E-state index in [1.165, 1.54) is 6.08 Å². The van der Waals surface area contributed by atoms with Gasteiger partial charge in [0.05, 0.1) is 0 Å². The molecule has 2 nitrogen and oxygen atoms in total. The van der Waals surface area contributed by atoms with Crippen LogP contribution in [0.2, 0.25) is 0 Å². The molecule has 8 heavy (non-hydrogen) atoms. The highest BCUT2D eigenvalue weighted by Crippen LogP contribution is 2.06. The van der Waals surface area contributed by atoms with Crippen molar-refractivity contribution in [2.24, 2.45) is 0 Å². The van der Waals surface area contributed by atoms with Crippen LogP contribution in [0.25, 0.3) is 0 Å². The molecule has 0 heterocycles. The number of hydrogen-bond acceptors (Lipinski definition) is 2. The highest BCUT2D eigenvalue weighted by Gasteiger charge is 1.96. The molecule has 0 radical (unpaired) electrons. The number of halogens is 2. The van der Waals surface area contributed by atoms with Crippen LogP contribution in [-0.4, -0.2) is 18.6 Å². The van der Waals surface area contributed by atoms with Crippen LogP contribution in [0.3, 0.4) is 0 Å².